The van der Waals surface area contributed by atoms with E-state index in [0.717, 1.165) is 6.92 Å². The van der Waals surface area contributed by atoms with Crippen LogP contribution in [0.5, 0.6) is 0 Å². The second-order valence-electron chi connectivity index (χ2n) is 1.24. The van der Waals surface area contributed by atoms with E-state index in [1.54, 1.807) is 0 Å². The molecular weight excluding hydrogens is 140 g/mol. The predicted molar refractivity (Wildman–Crippen MR) is 25.7 cm³/mol. The fraction of sp³-hybridized carbons (Fsp3) is 0.500. The van der Waals surface area contributed by atoms with Crippen molar-refractivity contribution in [3.8, 4) is 0 Å². The van der Waals surface area contributed by atoms with E-state index in [2.05, 4.69) is 11.6 Å². The van der Waals surface area contributed by atoms with Gasteiger partial charge in [-0.2, -0.15) is 8.78 Å². The van der Waals surface area contributed by atoms with Crippen molar-refractivity contribution in [3.05, 3.63) is 11.7 Å². The Morgan fingerprint density at radius 2 is 1.88 bits per heavy atom. The number of alkyl halides is 2. The highest BCUT2D eigenvalue weighted by Gasteiger charge is 2.08. The van der Waals surface area contributed by atoms with Crippen LogP contribution in [0.2, 0.25) is 0 Å². The Morgan fingerprint density at radius 3 is 1.88 bits per heavy atom. The summed E-state index contributed by atoms with van der Waals surface area (Å²) >= 11 is 4.62. The van der Waals surface area contributed by atoms with Crippen LogP contribution < -0.4 is 0 Å². The molecule has 0 aliphatic rings. The summed E-state index contributed by atoms with van der Waals surface area (Å²) in [6.07, 6.45) is -2.05. The third kappa shape index (κ3) is 2.21. The Hall–Kier alpha value is -0.180. The first-order valence-electron chi connectivity index (χ1n) is 1.85. The molecule has 0 nitrogen and oxygen atoms in total. The lowest BCUT2D eigenvalue weighted by Crippen LogP contribution is -1.90. The van der Waals surface area contributed by atoms with Crippen molar-refractivity contribution < 1.29 is 13.2 Å². The van der Waals surface area contributed by atoms with Crippen molar-refractivity contribution in [3.63, 3.8) is 0 Å². The van der Waals surface area contributed by atoms with Crippen LogP contribution in [0.3, 0.4) is 0 Å². The first-order chi connectivity index (χ1) is 3.55. The van der Waals surface area contributed by atoms with Crippen LogP contribution in [0.25, 0.3) is 0 Å². The van der Waals surface area contributed by atoms with Gasteiger partial charge in [-0.1, -0.05) is 11.6 Å². The molecule has 0 bridgehead atoms. The first-order valence-corrected chi connectivity index (χ1v) is 2.29. The average Bonchev–Trinajstić information content (AvgIpc) is 1.64. The topological polar surface area (TPSA) is 0 Å². The van der Waals surface area contributed by atoms with Gasteiger partial charge in [-0.25, -0.2) is 4.39 Å². The quantitative estimate of drug-likeness (QED) is 0.497. The minimum atomic E-state index is -2.06. The zero-order valence-corrected chi connectivity index (χ0v) is 4.85. The fourth-order valence-corrected chi connectivity index (χ4v) is 0.165. The van der Waals surface area contributed by atoms with E-state index in [9.17, 15) is 13.2 Å². The monoisotopic (exact) mass is 144 g/mol. The highest BCUT2D eigenvalue weighted by atomic mass is 35.5. The summed E-state index contributed by atoms with van der Waals surface area (Å²) in [7, 11) is 0. The van der Waals surface area contributed by atoms with E-state index < -0.39 is 17.3 Å². The average molecular weight is 145 g/mol. The molecule has 0 aromatic heterocycles. The maximum absolute atomic E-state index is 11.6. The Bertz CT molecular complexity index is 104. The SMILES string of the molecule is CC(=C(F)F)C(F)Cl. The first kappa shape index (κ1) is 7.82. The molecule has 0 aromatic carbocycles. The van der Waals surface area contributed by atoms with Crippen LogP contribution in [0.15, 0.2) is 11.7 Å². The van der Waals surface area contributed by atoms with Crippen LogP contribution >= 0.6 is 11.6 Å². The molecule has 0 radical (unpaired) electrons. The Morgan fingerprint density at radius 1 is 1.50 bits per heavy atom. The van der Waals surface area contributed by atoms with Crippen molar-refractivity contribution in [2.75, 3.05) is 0 Å². The Kier molecular flexibility index (Phi) is 2.90. The third-order valence-electron chi connectivity index (χ3n) is 0.625. The maximum atomic E-state index is 11.6. The van der Waals surface area contributed by atoms with E-state index >= 15 is 0 Å². The maximum Gasteiger partial charge on any atom is 0.273 e. The molecule has 8 heavy (non-hydrogen) atoms. The third-order valence-corrected chi connectivity index (χ3v) is 0.953. The summed E-state index contributed by atoms with van der Waals surface area (Å²) in [4.78, 5) is 0. The van der Waals surface area contributed by atoms with E-state index in [-0.39, 0.29) is 0 Å². The van der Waals surface area contributed by atoms with E-state index in [4.69, 9.17) is 0 Å². The number of hydrogen-bond acceptors (Lipinski definition) is 0. The van der Waals surface area contributed by atoms with Crippen molar-refractivity contribution in [1.82, 2.24) is 0 Å². The molecule has 4 heteroatoms. The molecular formula is C4H4ClF3. The van der Waals surface area contributed by atoms with Crippen LogP contribution in [0.4, 0.5) is 13.2 Å². The predicted octanol–water partition coefficient (Wildman–Crippen LogP) is 2.69. The van der Waals surface area contributed by atoms with Crippen LogP contribution in [0.1, 0.15) is 6.92 Å². The highest BCUT2D eigenvalue weighted by Crippen LogP contribution is 2.16. The number of hydrogen-bond donors (Lipinski definition) is 0. The van der Waals surface area contributed by atoms with Gasteiger partial charge in [0.25, 0.3) is 6.08 Å². The van der Waals surface area contributed by atoms with Crippen LogP contribution in [-0.2, 0) is 0 Å². The molecule has 0 heterocycles. The Labute approximate surface area is 49.9 Å². The minimum Gasteiger partial charge on any atom is -0.225 e. The summed E-state index contributed by atoms with van der Waals surface area (Å²) in [5.41, 5.74) is -2.77. The summed E-state index contributed by atoms with van der Waals surface area (Å²) in [5, 5.41) is 0. The van der Waals surface area contributed by atoms with E-state index in [1.807, 2.05) is 0 Å². The molecule has 0 saturated carbocycles. The van der Waals surface area contributed by atoms with Gasteiger partial charge in [0.1, 0.15) is 0 Å². The normalized spacial score (nSPS) is 13.1. The van der Waals surface area contributed by atoms with Crippen molar-refractivity contribution >= 4 is 11.6 Å². The zero-order chi connectivity index (χ0) is 6.73. The molecule has 0 amide bonds. The van der Waals surface area contributed by atoms with Gasteiger partial charge < -0.3 is 0 Å². The molecule has 1 atom stereocenters. The second-order valence-corrected chi connectivity index (χ2v) is 1.63. The summed E-state index contributed by atoms with van der Waals surface area (Å²) in [6.45, 7) is 0.938. The van der Waals surface area contributed by atoms with Gasteiger partial charge in [0.2, 0.25) is 0 Å². The van der Waals surface area contributed by atoms with Gasteiger partial charge in [-0.15, -0.1) is 0 Å². The molecule has 0 N–H and O–H groups in total. The fourth-order valence-electron chi connectivity index (χ4n) is 0.0825. The summed E-state index contributed by atoms with van der Waals surface area (Å²) < 4.78 is 34.0. The zero-order valence-electron chi connectivity index (χ0n) is 4.09. The van der Waals surface area contributed by atoms with Crippen molar-refractivity contribution in [1.29, 1.82) is 0 Å². The summed E-state index contributed by atoms with van der Waals surface area (Å²) in [6, 6.07) is 0. The van der Waals surface area contributed by atoms with Crippen molar-refractivity contribution in [2.45, 2.75) is 12.6 Å². The Balaban J connectivity index is 4.00. The standard InChI is InChI=1S/C4H4ClF3/c1-2(3(5)6)4(7)8/h3H,1H3. The minimum absolute atomic E-state index is 0.716. The van der Waals surface area contributed by atoms with Crippen LogP contribution in [-0.4, -0.2) is 5.63 Å². The van der Waals surface area contributed by atoms with Gasteiger partial charge >= 0.3 is 0 Å². The molecule has 0 spiro atoms. The molecule has 0 aliphatic carbocycles. The molecule has 0 aliphatic heterocycles. The van der Waals surface area contributed by atoms with E-state index in [0.29, 0.717) is 0 Å². The van der Waals surface area contributed by atoms with Gasteiger partial charge in [0.05, 0.1) is 0 Å². The van der Waals surface area contributed by atoms with Crippen molar-refractivity contribution in [2.24, 2.45) is 0 Å². The lowest BCUT2D eigenvalue weighted by atomic mass is 10.4. The molecule has 0 rings (SSSR count). The lowest BCUT2D eigenvalue weighted by molar-refractivity contribution is 0.386. The number of halogens is 4. The summed E-state index contributed by atoms with van der Waals surface area (Å²) in [5.74, 6) is 0. The molecule has 0 saturated heterocycles. The van der Waals surface area contributed by atoms with Gasteiger partial charge in [0, 0.05) is 5.57 Å². The number of rotatable bonds is 1. The smallest absolute Gasteiger partial charge is 0.225 e. The lowest BCUT2D eigenvalue weighted by Gasteiger charge is -1.94. The van der Waals surface area contributed by atoms with Gasteiger partial charge in [-0.05, 0) is 6.92 Å². The molecule has 48 valence electrons. The van der Waals surface area contributed by atoms with Gasteiger partial charge in [0.15, 0.2) is 5.63 Å². The number of allylic oxidation sites excluding steroid dienone is 1. The second kappa shape index (κ2) is 2.97. The van der Waals surface area contributed by atoms with E-state index in [1.165, 1.54) is 0 Å². The largest absolute Gasteiger partial charge is 0.273 e. The van der Waals surface area contributed by atoms with Gasteiger partial charge in [-0.3, -0.25) is 0 Å². The molecule has 0 fully saturated rings. The van der Waals surface area contributed by atoms with Crippen LogP contribution in [0, 0.1) is 0 Å². The molecule has 0 aromatic rings. The molecule has 1 unspecified atom stereocenters. The highest BCUT2D eigenvalue weighted by molar-refractivity contribution is 6.21.